The largest absolute Gasteiger partial charge is 0.493 e. The fourth-order valence-corrected chi connectivity index (χ4v) is 2.91. The van der Waals surface area contributed by atoms with Gasteiger partial charge in [-0.1, -0.05) is 0 Å². The van der Waals surface area contributed by atoms with E-state index < -0.39 is 0 Å². The Morgan fingerprint density at radius 1 is 0.676 bits per heavy atom. The fourth-order valence-electron chi connectivity index (χ4n) is 2.91. The maximum atomic E-state index is 11.9. The lowest BCUT2D eigenvalue weighted by Gasteiger charge is -2.07. The molecule has 2 aromatic rings. The van der Waals surface area contributed by atoms with Crippen LogP contribution in [0.4, 0.5) is 0 Å². The van der Waals surface area contributed by atoms with Crippen LogP contribution in [0.3, 0.4) is 0 Å². The van der Waals surface area contributed by atoms with Crippen molar-refractivity contribution >= 4 is 24.2 Å². The maximum absolute atomic E-state index is 11.9. The van der Waals surface area contributed by atoms with E-state index in [0.29, 0.717) is 35.8 Å². The number of hydrogen-bond donors (Lipinski definition) is 2. The average Bonchev–Trinajstić information content (AvgIpc) is 2.86. The molecule has 2 amide bonds. The Morgan fingerprint density at radius 2 is 1.06 bits per heavy atom. The minimum Gasteiger partial charge on any atom is -0.493 e. The molecule has 0 radical (unpaired) electrons. The number of amides is 2. The molecule has 0 aliphatic rings. The van der Waals surface area contributed by atoms with E-state index in [0.717, 1.165) is 11.1 Å². The highest BCUT2D eigenvalue weighted by Crippen LogP contribution is 2.27. The standard InChI is InChI=1S/C24H30N4O6/c1-31-19-11-9-17(13-21(19)33-3)15-25-27-23(29)7-5-6-8-24(30)28-26-16-18-10-12-20(32-2)22(14-18)34-4/h9-16H,5-8H2,1-4H3,(H,27,29)(H,28,30)/b25-15+,26-16+. The summed E-state index contributed by atoms with van der Waals surface area (Å²) in [6.45, 7) is 0. The molecular weight excluding hydrogens is 440 g/mol. The molecule has 0 aliphatic heterocycles. The molecule has 34 heavy (non-hydrogen) atoms. The molecule has 0 atom stereocenters. The molecule has 0 bridgehead atoms. The third kappa shape index (κ3) is 8.45. The fraction of sp³-hybridized carbons (Fsp3) is 0.333. The van der Waals surface area contributed by atoms with Crippen molar-refractivity contribution in [3.8, 4) is 23.0 Å². The summed E-state index contributed by atoms with van der Waals surface area (Å²) in [7, 11) is 6.21. The van der Waals surface area contributed by atoms with Gasteiger partial charge in [0, 0.05) is 12.8 Å². The van der Waals surface area contributed by atoms with Crippen molar-refractivity contribution in [3.63, 3.8) is 0 Å². The van der Waals surface area contributed by atoms with E-state index in [4.69, 9.17) is 18.9 Å². The monoisotopic (exact) mass is 470 g/mol. The molecule has 10 nitrogen and oxygen atoms in total. The molecular formula is C24H30N4O6. The first-order valence-electron chi connectivity index (χ1n) is 10.6. The van der Waals surface area contributed by atoms with E-state index in [1.807, 2.05) is 0 Å². The lowest BCUT2D eigenvalue weighted by Crippen LogP contribution is -2.19. The summed E-state index contributed by atoms with van der Waals surface area (Å²) in [6.07, 6.45) is 4.64. The van der Waals surface area contributed by atoms with E-state index in [1.54, 1.807) is 64.8 Å². The second kappa shape index (κ2) is 14.1. The second-order valence-electron chi connectivity index (χ2n) is 7.02. The predicted octanol–water partition coefficient (Wildman–Crippen LogP) is 2.88. The number of unbranched alkanes of at least 4 members (excludes halogenated alkanes) is 1. The number of carbonyl (C=O) groups is 2. The van der Waals surface area contributed by atoms with E-state index in [-0.39, 0.29) is 24.7 Å². The smallest absolute Gasteiger partial charge is 0.240 e. The third-order valence-corrected chi connectivity index (χ3v) is 4.68. The molecule has 182 valence electrons. The van der Waals surface area contributed by atoms with Gasteiger partial charge in [0.2, 0.25) is 11.8 Å². The zero-order valence-corrected chi connectivity index (χ0v) is 19.8. The van der Waals surface area contributed by atoms with Crippen LogP contribution >= 0.6 is 0 Å². The van der Waals surface area contributed by atoms with E-state index in [9.17, 15) is 9.59 Å². The Labute approximate surface area is 198 Å². The molecule has 2 N–H and O–H groups in total. The number of methoxy groups -OCH3 is 4. The summed E-state index contributed by atoms with van der Waals surface area (Å²) < 4.78 is 20.8. The van der Waals surface area contributed by atoms with Gasteiger partial charge < -0.3 is 18.9 Å². The van der Waals surface area contributed by atoms with Crippen LogP contribution in [0.5, 0.6) is 23.0 Å². The van der Waals surface area contributed by atoms with Gasteiger partial charge in [-0.2, -0.15) is 10.2 Å². The zero-order chi connectivity index (χ0) is 24.8. The topological polar surface area (TPSA) is 120 Å². The van der Waals surface area contributed by atoms with Crippen molar-refractivity contribution in [2.45, 2.75) is 25.7 Å². The first-order valence-corrected chi connectivity index (χ1v) is 10.6. The lowest BCUT2D eigenvalue weighted by atomic mass is 10.2. The van der Waals surface area contributed by atoms with Crippen LogP contribution in [0.2, 0.25) is 0 Å². The number of benzene rings is 2. The predicted molar refractivity (Wildman–Crippen MR) is 129 cm³/mol. The SMILES string of the molecule is COc1ccc(/C=N/NC(=O)CCCCC(=O)N/N=C/c2ccc(OC)c(OC)c2)cc1OC. The number of hydrogen-bond acceptors (Lipinski definition) is 8. The van der Waals surface area contributed by atoms with Crippen LogP contribution < -0.4 is 29.8 Å². The zero-order valence-electron chi connectivity index (χ0n) is 19.8. The highest BCUT2D eigenvalue weighted by Gasteiger charge is 2.06. The van der Waals surface area contributed by atoms with Crippen molar-refractivity contribution < 1.29 is 28.5 Å². The van der Waals surface area contributed by atoms with Gasteiger partial charge in [0.1, 0.15) is 0 Å². The van der Waals surface area contributed by atoms with Gasteiger partial charge in [0.15, 0.2) is 23.0 Å². The van der Waals surface area contributed by atoms with Gasteiger partial charge in [-0.05, 0) is 60.4 Å². The molecule has 0 saturated carbocycles. The first kappa shape index (κ1) is 26.2. The van der Waals surface area contributed by atoms with Crippen LogP contribution in [-0.2, 0) is 9.59 Å². The van der Waals surface area contributed by atoms with Gasteiger partial charge in [-0.25, -0.2) is 10.9 Å². The van der Waals surface area contributed by atoms with Gasteiger partial charge in [0.05, 0.1) is 40.9 Å². The summed E-state index contributed by atoms with van der Waals surface area (Å²) in [5.41, 5.74) is 6.45. The summed E-state index contributed by atoms with van der Waals surface area (Å²) in [5.74, 6) is 1.90. The minimum atomic E-state index is -0.233. The van der Waals surface area contributed by atoms with Crippen molar-refractivity contribution in [1.82, 2.24) is 10.9 Å². The van der Waals surface area contributed by atoms with Crippen LogP contribution in [0, 0.1) is 0 Å². The molecule has 0 unspecified atom stereocenters. The summed E-state index contributed by atoms with van der Waals surface area (Å²) in [5, 5.41) is 7.89. The Balaban J connectivity index is 1.66. The van der Waals surface area contributed by atoms with Gasteiger partial charge >= 0.3 is 0 Å². The van der Waals surface area contributed by atoms with Crippen LogP contribution in [0.25, 0.3) is 0 Å². The van der Waals surface area contributed by atoms with Gasteiger partial charge in [-0.15, -0.1) is 0 Å². The second-order valence-corrected chi connectivity index (χ2v) is 7.02. The molecule has 0 saturated heterocycles. The van der Waals surface area contributed by atoms with E-state index in [1.165, 1.54) is 12.4 Å². The molecule has 0 aromatic heterocycles. The summed E-state index contributed by atoms with van der Waals surface area (Å²) >= 11 is 0. The molecule has 0 fully saturated rings. The molecule has 2 aromatic carbocycles. The Morgan fingerprint density at radius 3 is 1.41 bits per heavy atom. The van der Waals surface area contributed by atoms with Crippen molar-refractivity contribution in [2.24, 2.45) is 10.2 Å². The van der Waals surface area contributed by atoms with Crippen molar-refractivity contribution in [3.05, 3.63) is 47.5 Å². The van der Waals surface area contributed by atoms with E-state index >= 15 is 0 Å². The van der Waals surface area contributed by atoms with E-state index in [2.05, 4.69) is 21.1 Å². The number of rotatable bonds is 13. The number of hydrazone groups is 2. The molecule has 0 spiro atoms. The first-order chi connectivity index (χ1) is 16.5. The summed E-state index contributed by atoms with van der Waals surface area (Å²) in [4.78, 5) is 23.8. The van der Waals surface area contributed by atoms with Crippen LogP contribution in [-0.4, -0.2) is 52.7 Å². The Hall–Kier alpha value is -4.08. The Kier molecular flexibility index (Phi) is 10.9. The number of nitrogens with zero attached hydrogens (tertiary/aromatic N) is 2. The van der Waals surface area contributed by atoms with Crippen LogP contribution in [0.1, 0.15) is 36.8 Å². The quantitative estimate of drug-likeness (QED) is 0.264. The maximum Gasteiger partial charge on any atom is 0.240 e. The van der Waals surface area contributed by atoms with Gasteiger partial charge in [0.25, 0.3) is 0 Å². The molecule has 0 aliphatic carbocycles. The highest BCUT2D eigenvalue weighted by molar-refractivity contribution is 5.84. The highest BCUT2D eigenvalue weighted by atomic mass is 16.5. The lowest BCUT2D eigenvalue weighted by molar-refractivity contribution is -0.123. The van der Waals surface area contributed by atoms with Crippen molar-refractivity contribution in [2.75, 3.05) is 28.4 Å². The number of carbonyl (C=O) groups excluding carboxylic acids is 2. The molecule has 0 heterocycles. The number of nitrogens with one attached hydrogen (secondary N) is 2. The normalized spacial score (nSPS) is 10.8. The minimum absolute atomic E-state index is 0.233. The van der Waals surface area contributed by atoms with Crippen molar-refractivity contribution in [1.29, 1.82) is 0 Å². The summed E-state index contributed by atoms with van der Waals surface area (Å²) in [6, 6.07) is 10.6. The molecule has 2 rings (SSSR count). The van der Waals surface area contributed by atoms with Gasteiger partial charge in [-0.3, -0.25) is 9.59 Å². The third-order valence-electron chi connectivity index (χ3n) is 4.68. The number of ether oxygens (including phenoxy) is 4. The Bertz CT molecular complexity index is 941. The van der Waals surface area contributed by atoms with Crippen LogP contribution in [0.15, 0.2) is 46.6 Å². The molecule has 10 heteroatoms. The average molecular weight is 471 g/mol.